The van der Waals surface area contributed by atoms with Crippen LogP contribution in [0, 0.1) is 16.7 Å². The van der Waals surface area contributed by atoms with Crippen molar-refractivity contribution < 1.29 is 4.55 Å². The Morgan fingerprint density at radius 2 is 2.00 bits per heavy atom. The number of nitrogens with one attached hydrogen (secondary N) is 1. The van der Waals surface area contributed by atoms with E-state index in [1.807, 2.05) is 20.8 Å². The van der Waals surface area contributed by atoms with Crippen LogP contribution in [0.3, 0.4) is 0 Å². The van der Waals surface area contributed by atoms with Gasteiger partial charge in [0.1, 0.15) is 16.6 Å². The van der Waals surface area contributed by atoms with Gasteiger partial charge in [0, 0.05) is 29.9 Å². The summed E-state index contributed by atoms with van der Waals surface area (Å²) in [5, 5.41) is 9.42. The van der Waals surface area contributed by atoms with E-state index in [4.69, 9.17) is 5.73 Å². The number of nitrogens with two attached hydrogens (primary N) is 1. The average molecular weight is 425 g/mol. The van der Waals surface area contributed by atoms with E-state index in [9.17, 15) is 9.81 Å². The van der Waals surface area contributed by atoms with Crippen LogP contribution < -0.4 is 15.4 Å². The number of hydrogen-bond donors (Lipinski definition) is 2. The van der Waals surface area contributed by atoms with Gasteiger partial charge in [0.05, 0.1) is 12.2 Å². The van der Waals surface area contributed by atoms with Crippen molar-refractivity contribution in [3.63, 3.8) is 0 Å². The standard InChI is InChI=1S/C22H28N6OS/c1-21(2,3)30(29)27-19-16-7-5-4-6-15(16)12-22(19)8-10-28(11-9-22)20-17(13-23)25-14-18(24)26-20/h4-7,14,19,27H,8-12H2,1-3H3,(H2,24,26)/t19-,30-/m0/s1. The van der Waals surface area contributed by atoms with Crippen molar-refractivity contribution in [2.24, 2.45) is 5.41 Å². The van der Waals surface area contributed by atoms with Gasteiger partial charge in [-0.15, -0.1) is 4.72 Å². The molecule has 0 radical (unpaired) electrons. The van der Waals surface area contributed by atoms with Crippen molar-refractivity contribution >= 4 is 23.0 Å². The minimum absolute atomic E-state index is 0.0122. The Labute approximate surface area is 181 Å². The highest BCUT2D eigenvalue weighted by atomic mass is 32.2. The maximum absolute atomic E-state index is 13.0. The number of piperidine rings is 1. The molecule has 2 heterocycles. The van der Waals surface area contributed by atoms with Crippen LogP contribution in [-0.2, 0) is 17.8 Å². The lowest BCUT2D eigenvalue weighted by molar-refractivity contribution is 0.176. The van der Waals surface area contributed by atoms with Crippen molar-refractivity contribution in [3.8, 4) is 6.07 Å². The lowest BCUT2D eigenvalue weighted by Gasteiger charge is -2.44. The van der Waals surface area contributed by atoms with Gasteiger partial charge < -0.3 is 15.2 Å². The number of aromatic nitrogens is 2. The van der Waals surface area contributed by atoms with Crippen molar-refractivity contribution in [2.75, 3.05) is 23.7 Å². The quantitative estimate of drug-likeness (QED) is 0.728. The summed E-state index contributed by atoms with van der Waals surface area (Å²) in [5.41, 5.74) is 8.70. The lowest BCUT2D eigenvalue weighted by atomic mass is 9.73. The van der Waals surface area contributed by atoms with Gasteiger partial charge in [0.25, 0.3) is 0 Å². The fourth-order valence-corrected chi connectivity index (χ4v) is 5.53. The van der Waals surface area contributed by atoms with E-state index >= 15 is 0 Å². The van der Waals surface area contributed by atoms with E-state index in [1.165, 1.54) is 17.3 Å². The summed E-state index contributed by atoms with van der Waals surface area (Å²) in [6.45, 7) is 7.48. The Kier molecular flexibility index (Phi) is 5.39. The third kappa shape index (κ3) is 3.73. The van der Waals surface area contributed by atoms with E-state index in [-0.39, 0.29) is 16.2 Å². The molecule has 2 aromatic rings. The largest absolute Gasteiger partial charge is 0.598 e. The van der Waals surface area contributed by atoms with Crippen LogP contribution in [-0.4, -0.2) is 32.4 Å². The highest BCUT2D eigenvalue weighted by Crippen LogP contribution is 2.52. The SMILES string of the molecule is CC(C)(C)[S@+]([O-])N[C@H]1c2ccccc2CC12CCN(c1nc(N)cnc1C#N)CC2. The molecule has 1 fully saturated rings. The first-order chi connectivity index (χ1) is 14.2. The number of nitrogen functional groups attached to an aromatic ring is 1. The van der Waals surface area contributed by atoms with E-state index < -0.39 is 11.4 Å². The summed E-state index contributed by atoms with van der Waals surface area (Å²) in [4.78, 5) is 10.6. The van der Waals surface area contributed by atoms with Crippen LogP contribution in [0.4, 0.5) is 11.6 Å². The normalized spacial score (nSPS) is 21.3. The van der Waals surface area contributed by atoms with Crippen molar-refractivity contribution in [2.45, 2.75) is 50.8 Å². The molecule has 7 nitrogen and oxygen atoms in total. The van der Waals surface area contributed by atoms with Gasteiger partial charge in [-0.05, 0) is 51.2 Å². The second-order valence-corrected chi connectivity index (χ2v) is 11.2. The zero-order valence-electron chi connectivity index (χ0n) is 17.7. The molecule has 158 valence electrons. The Morgan fingerprint density at radius 3 is 2.67 bits per heavy atom. The molecule has 1 saturated heterocycles. The maximum atomic E-state index is 13.0. The summed E-state index contributed by atoms with van der Waals surface area (Å²) >= 11 is -1.16. The molecule has 3 N–H and O–H groups in total. The van der Waals surface area contributed by atoms with Crippen molar-refractivity contribution in [1.82, 2.24) is 14.7 Å². The molecule has 0 unspecified atom stereocenters. The predicted molar refractivity (Wildman–Crippen MR) is 119 cm³/mol. The molecule has 1 aliphatic carbocycles. The van der Waals surface area contributed by atoms with E-state index in [1.54, 1.807) is 0 Å². The summed E-state index contributed by atoms with van der Waals surface area (Å²) in [7, 11) is 0. The molecular formula is C22H28N6OS. The van der Waals surface area contributed by atoms with Gasteiger partial charge in [-0.2, -0.15) is 5.26 Å². The third-order valence-corrected chi connectivity index (χ3v) is 7.80. The fraction of sp³-hybridized carbons (Fsp3) is 0.500. The molecule has 0 saturated carbocycles. The molecule has 0 bridgehead atoms. The number of anilines is 2. The predicted octanol–water partition coefficient (Wildman–Crippen LogP) is 2.87. The molecule has 2 aliphatic rings. The maximum Gasteiger partial charge on any atom is 0.183 e. The average Bonchev–Trinajstić information content (AvgIpc) is 3.01. The molecule has 1 aromatic carbocycles. The van der Waals surface area contributed by atoms with Gasteiger partial charge in [0.2, 0.25) is 0 Å². The van der Waals surface area contributed by atoms with E-state index in [0.29, 0.717) is 17.3 Å². The minimum Gasteiger partial charge on any atom is -0.598 e. The first-order valence-electron chi connectivity index (χ1n) is 10.3. The van der Waals surface area contributed by atoms with Crippen molar-refractivity contribution in [3.05, 3.63) is 47.3 Å². The van der Waals surface area contributed by atoms with Crippen LogP contribution in [0.15, 0.2) is 30.5 Å². The first kappa shape index (κ1) is 20.9. The minimum atomic E-state index is -1.16. The molecule has 1 spiro atoms. The number of benzene rings is 1. The van der Waals surface area contributed by atoms with Gasteiger partial charge in [-0.3, -0.25) is 0 Å². The van der Waals surface area contributed by atoms with Crippen LogP contribution in [0.1, 0.15) is 56.5 Å². The first-order valence-corrected chi connectivity index (χ1v) is 11.4. The summed E-state index contributed by atoms with van der Waals surface area (Å²) in [6.07, 6.45) is 4.19. The molecule has 0 amide bonds. The molecule has 1 aliphatic heterocycles. The highest BCUT2D eigenvalue weighted by molar-refractivity contribution is 7.90. The van der Waals surface area contributed by atoms with Gasteiger partial charge in [-0.1, -0.05) is 24.3 Å². The Morgan fingerprint density at radius 1 is 1.30 bits per heavy atom. The zero-order valence-corrected chi connectivity index (χ0v) is 18.5. The molecule has 8 heteroatoms. The van der Waals surface area contributed by atoms with E-state index in [0.717, 1.165) is 32.4 Å². The second-order valence-electron chi connectivity index (χ2n) is 9.24. The van der Waals surface area contributed by atoms with Gasteiger partial charge in [-0.25, -0.2) is 9.97 Å². The van der Waals surface area contributed by atoms with Crippen LogP contribution in [0.2, 0.25) is 0 Å². The van der Waals surface area contributed by atoms with Crippen LogP contribution in [0.25, 0.3) is 0 Å². The number of fused-ring (bicyclic) bond motifs is 1. The molecule has 2 atom stereocenters. The summed E-state index contributed by atoms with van der Waals surface area (Å²) in [5.74, 6) is 0.878. The number of rotatable bonds is 3. The van der Waals surface area contributed by atoms with Crippen LogP contribution >= 0.6 is 0 Å². The fourth-order valence-electron chi connectivity index (χ4n) is 4.58. The Bertz CT molecular complexity index is 974. The smallest absolute Gasteiger partial charge is 0.183 e. The topological polar surface area (TPSA) is 114 Å². The summed E-state index contributed by atoms with van der Waals surface area (Å²) in [6, 6.07) is 10.6. The summed E-state index contributed by atoms with van der Waals surface area (Å²) < 4.78 is 16.1. The Balaban J connectivity index is 1.60. The van der Waals surface area contributed by atoms with E-state index in [2.05, 4.69) is 49.9 Å². The zero-order chi connectivity index (χ0) is 21.5. The Hall–Kier alpha value is -2.34. The molecule has 30 heavy (non-hydrogen) atoms. The lowest BCUT2D eigenvalue weighted by Crippen LogP contribution is -2.50. The van der Waals surface area contributed by atoms with Crippen molar-refractivity contribution in [1.29, 1.82) is 5.26 Å². The third-order valence-electron chi connectivity index (χ3n) is 6.24. The van der Waals surface area contributed by atoms with Crippen LogP contribution in [0.5, 0.6) is 0 Å². The second kappa shape index (κ2) is 7.73. The van der Waals surface area contributed by atoms with Gasteiger partial charge >= 0.3 is 0 Å². The number of nitriles is 1. The molecule has 1 aromatic heterocycles. The monoisotopic (exact) mass is 424 g/mol. The van der Waals surface area contributed by atoms with Gasteiger partial charge in [0.15, 0.2) is 11.5 Å². The highest BCUT2D eigenvalue weighted by Gasteiger charge is 2.50. The number of nitrogens with zero attached hydrogens (tertiary/aromatic N) is 4. The number of hydrogen-bond acceptors (Lipinski definition) is 7. The molecule has 4 rings (SSSR count). The molecular weight excluding hydrogens is 396 g/mol.